The highest BCUT2D eigenvalue weighted by Crippen LogP contribution is 2.30. The number of methoxy groups -OCH3 is 1. The van der Waals surface area contributed by atoms with E-state index in [1.54, 1.807) is 11.6 Å². The smallest absolute Gasteiger partial charge is 0.475 e. The van der Waals surface area contributed by atoms with Crippen LogP contribution in [-0.2, 0) is 22.6 Å². The summed E-state index contributed by atoms with van der Waals surface area (Å²) in [5.74, 6) is 0.281. The molecule has 0 spiro atoms. The number of likely N-dealkylation sites (N-methyl/N-ethyl adjacent to an activating group) is 1. The number of anilines is 1. The summed E-state index contributed by atoms with van der Waals surface area (Å²) < 4.78 is 61.1. The molecular formula is C27H32F3N5O5. The number of urea groups is 1. The monoisotopic (exact) mass is 563 g/mol. The van der Waals surface area contributed by atoms with E-state index in [1.165, 1.54) is 25.3 Å². The van der Waals surface area contributed by atoms with Crippen molar-refractivity contribution in [1.82, 2.24) is 20.0 Å². The molecule has 10 nitrogen and oxygen atoms in total. The maximum Gasteiger partial charge on any atom is 0.573 e. The van der Waals surface area contributed by atoms with Crippen LogP contribution in [0.25, 0.3) is 5.69 Å². The number of morpholine rings is 1. The molecule has 0 radical (unpaired) electrons. The van der Waals surface area contributed by atoms with Crippen molar-refractivity contribution in [3.05, 3.63) is 65.2 Å². The molecule has 216 valence electrons. The molecule has 0 bridgehead atoms. The minimum absolute atomic E-state index is 0.0525. The fourth-order valence-corrected chi connectivity index (χ4v) is 4.18. The number of hydrogen-bond acceptors (Lipinski definition) is 7. The van der Waals surface area contributed by atoms with E-state index >= 15 is 0 Å². The number of halogens is 3. The van der Waals surface area contributed by atoms with Crippen molar-refractivity contribution in [2.24, 2.45) is 0 Å². The molecule has 4 rings (SSSR count). The van der Waals surface area contributed by atoms with Gasteiger partial charge in [-0.25, -0.2) is 9.48 Å². The lowest BCUT2D eigenvalue weighted by Crippen LogP contribution is -2.46. The van der Waals surface area contributed by atoms with Crippen molar-refractivity contribution in [2.75, 3.05) is 45.8 Å². The van der Waals surface area contributed by atoms with Gasteiger partial charge in [-0.3, -0.25) is 10.2 Å². The zero-order chi connectivity index (χ0) is 28.7. The molecule has 1 aliphatic rings. The van der Waals surface area contributed by atoms with Gasteiger partial charge in [0.15, 0.2) is 0 Å². The van der Waals surface area contributed by atoms with Crippen molar-refractivity contribution in [3.8, 4) is 17.3 Å². The van der Waals surface area contributed by atoms with Crippen LogP contribution < -0.4 is 20.1 Å². The molecule has 1 fully saturated rings. The highest BCUT2D eigenvalue weighted by Gasteiger charge is 2.32. The van der Waals surface area contributed by atoms with E-state index in [2.05, 4.69) is 25.4 Å². The number of amides is 2. The predicted molar refractivity (Wildman–Crippen MR) is 141 cm³/mol. The molecule has 2 N–H and O–H groups in total. The van der Waals surface area contributed by atoms with Gasteiger partial charge in [0.05, 0.1) is 37.1 Å². The van der Waals surface area contributed by atoms with Gasteiger partial charge in [0.2, 0.25) is 5.88 Å². The Morgan fingerprint density at radius 2 is 1.98 bits per heavy atom. The Morgan fingerprint density at radius 1 is 1.20 bits per heavy atom. The number of nitrogens with zero attached hydrogens (tertiary/aromatic N) is 3. The third kappa shape index (κ3) is 7.64. The van der Waals surface area contributed by atoms with E-state index in [-0.39, 0.29) is 24.8 Å². The Balaban J connectivity index is 1.52. The van der Waals surface area contributed by atoms with E-state index in [0.717, 1.165) is 6.54 Å². The fourth-order valence-electron chi connectivity index (χ4n) is 4.18. The lowest BCUT2D eigenvalue weighted by atomic mass is 10.1. The minimum atomic E-state index is -4.88. The van der Waals surface area contributed by atoms with Crippen LogP contribution in [0.5, 0.6) is 11.6 Å². The fraction of sp³-hybridized carbons (Fsp3) is 0.407. The second kappa shape index (κ2) is 13.0. The van der Waals surface area contributed by atoms with E-state index in [0.29, 0.717) is 48.3 Å². The molecule has 0 aliphatic carbocycles. The van der Waals surface area contributed by atoms with Crippen molar-refractivity contribution < 1.29 is 36.9 Å². The standard InChI is InChI=1S/C27H32F3N5O5/c1-18-24(32-26(36)31-14-20-13-19(15-37-3)9-10-23(20)40-27(28,29)30)35(21-7-5-4-6-8-21)33-25(18)39-17-22-16-38-12-11-34(22)2/h4-10,13,22H,11-12,14-17H2,1-3H3,(H2,31,32,36)/t22-/m1/s1. The van der Waals surface area contributed by atoms with Crippen LogP contribution in [-0.4, -0.2) is 73.6 Å². The van der Waals surface area contributed by atoms with Gasteiger partial charge >= 0.3 is 12.4 Å². The Hall–Kier alpha value is -3.81. The highest BCUT2D eigenvalue weighted by molar-refractivity contribution is 5.89. The van der Waals surface area contributed by atoms with Crippen LogP contribution in [0.1, 0.15) is 16.7 Å². The predicted octanol–water partition coefficient (Wildman–Crippen LogP) is 4.26. The SMILES string of the molecule is COCc1ccc(OC(F)(F)F)c(CNC(=O)Nc2c(C)c(OC[C@H]3COCCN3C)nn2-c2ccccc2)c1. The number of aromatic nitrogens is 2. The summed E-state index contributed by atoms with van der Waals surface area (Å²) in [4.78, 5) is 15.1. The van der Waals surface area contributed by atoms with Gasteiger partial charge in [0.1, 0.15) is 18.2 Å². The van der Waals surface area contributed by atoms with Crippen molar-refractivity contribution in [1.29, 1.82) is 0 Å². The molecule has 1 atom stereocenters. The normalized spacial score (nSPS) is 16.0. The Bertz CT molecular complexity index is 1290. The number of carbonyl (C=O) groups excluding carboxylic acids is 1. The Kier molecular flexibility index (Phi) is 9.50. The lowest BCUT2D eigenvalue weighted by molar-refractivity contribution is -0.274. The molecule has 0 unspecified atom stereocenters. The highest BCUT2D eigenvalue weighted by atomic mass is 19.4. The molecule has 0 saturated carbocycles. The van der Waals surface area contributed by atoms with Gasteiger partial charge in [-0.1, -0.05) is 24.3 Å². The van der Waals surface area contributed by atoms with Gasteiger partial charge in [-0.05, 0) is 43.8 Å². The molecule has 40 heavy (non-hydrogen) atoms. The largest absolute Gasteiger partial charge is 0.573 e. The third-order valence-electron chi connectivity index (χ3n) is 6.35. The van der Waals surface area contributed by atoms with Crippen LogP contribution in [0.4, 0.5) is 23.8 Å². The number of nitrogens with one attached hydrogen (secondary N) is 2. The van der Waals surface area contributed by atoms with E-state index in [9.17, 15) is 18.0 Å². The summed E-state index contributed by atoms with van der Waals surface area (Å²) in [6.07, 6.45) is -4.88. The molecule has 2 heterocycles. The van der Waals surface area contributed by atoms with E-state index in [1.807, 2.05) is 37.4 Å². The zero-order valence-electron chi connectivity index (χ0n) is 22.5. The first kappa shape index (κ1) is 29.2. The average Bonchev–Trinajstić information content (AvgIpc) is 3.22. The summed E-state index contributed by atoms with van der Waals surface area (Å²) in [5.41, 5.74) is 2.03. The van der Waals surface area contributed by atoms with Gasteiger partial charge in [-0.2, -0.15) is 0 Å². The van der Waals surface area contributed by atoms with Crippen LogP contribution >= 0.6 is 0 Å². The van der Waals surface area contributed by atoms with Crippen molar-refractivity contribution >= 4 is 11.8 Å². The molecule has 1 aliphatic heterocycles. The van der Waals surface area contributed by atoms with Crippen molar-refractivity contribution in [2.45, 2.75) is 32.5 Å². The van der Waals surface area contributed by atoms with Crippen molar-refractivity contribution in [3.63, 3.8) is 0 Å². The summed E-state index contributed by atoms with van der Waals surface area (Å²) in [6, 6.07) is 12.7. The van der Waals surface area contributed by atoms with Crippen LogP contribution in [0, 0.1) is 6.92 Å². The zero-order valence-corrected chi connectivity index (χ0v) is 22.5. The van der Waals surface area contributed by atoms with Crippen LogP contribution in [0.2, 0.25) is 0 Å². The summed E-state index contributed by atoms with van der Waals surface area (Å²) in [5, 5.41) is 9.95. The first-order valence-corrected chi connectivity index (χ1v) is 12.6. The Morgan fingerprint density at radius 3 is 2.67 bits per heavy atom. The lowest BCUT2D eigenvalue weighted by Gasteiger charge is -2.31. The first-order chi connectivity index (χ1) is 19.1. The Labute approximate surface area is 229 Å². The van der Waals surface area contributed by atoms with Gasteiger partial charge < -0.3 is 24.3 Å². The molecule has 3 aromatic rings. The average molecular weight is 564 g/mol. The number of hydrogen-bond donors (Lipinski definition) is 2. The number of benzene rings is 2. The summed E-state index contributed by atoms with van der Waals surface area (Å²) in [6.45, 7) is 4.06. The maximum absolute atomic E-state index is 13.0. The topological polar surface area (TPSA) is 99.1 Å². The number of carbonyl (C=O) groups is 1. The third-order valence-corrected chi connectivity index (χ3v) is 6.35. The minimum Gasteiger partial charge on any atom is -0.475 e. The number of alkyl halides is 3. The maximum atomic E-state index is 13.0. The summed E-state index contributed by atoms with van der Waals surface area (Å²) in [7, 11) is 3.47. The van der Waals surface area contributed by atoms with Crippen LogP contribution in [0.3, 0.4) is 0 Å². The van der Waals surface area contributed by atoms with E-state index in [4.69, 9.17) is 14.2 Å². The van der Waals surface area contributed by atoms with Gasteiger partial charge in [0.25, 0.3) is 0 Å². The van der Waals surface area contributed by atoms with E-state index < -0.39 is 18.1 Å². The first-order valence-electron chi connectivity index (χ1n) is 12.6. The molecule has 1 aromatic heterocycles. The second-order valence-corrected chi connectivity index (χ2v) is 9.28. The number of ether oxygens (including phenoxy) is 4. The quantitative estimate of drug-likeness (QED) is 0.381. The number of rotatable bonds is 10. The number of para-hydroxylation sites is 1. The molecule has 1 saturated heterocycles. The molecule has 2 amide bonds. The van der Waals surface area contributed by atoms with Gasteiger partial charge in [0, 0.05) is 25.8 Å². The van der Waals surface area contributed by atoms with Gasteiger partial charge in [-0.15, -0.1) is 18.3 Å². The second-order valence-electron chi connectivity index (χ2n) is 9.28. The van der Waals surface area contributed by atoms with Crippen LogP contribution in [0.15, 0.2) is 48.5 Å². The molecular weight excluding hydrogens is 531 g/mol. The molecule has 13 heteroatoms. The summed E-state index contributed by atoms with van der Waals surface area (Å²) >= 11 is 0. The molecule has 2 aromatic carbocycles.